The predicted molar refractivity (Wildman–Crippen MR) is 85.7 cm³/mol. The first-order chi connectivity index (χ1) is 11.9. The molecule has 25 heavy (non-hydrogen) atoms. The van der Waals surface area contributed by atoms with Crippen molar-refractivity contribution in [2.75, 3.05) is 5.43 Å². The molecule has 1 amide bonds. The number of aryl methyl sites for hydroxylation is 2. The Balaban J connectivity index is 1.77. The van der Waals surface area contributed by atoms with E-state index in [2.05, 4.69) is 10.9 Å². The van der Waals surface area contributed by atoms with Gasteiger partial charge in [0.25, 0.3) is 5.91 Å². The van der Waals surface area contributed by atoms with Crippen LogP contribution in [0.5, 0.6) is 0 Å². The standard InChI is InChI=1S/C18H14F3N3O/c19-18(20,21)15-8-11(10-22)4-7-16(15)23-24-17(25)14-6-5-12-2-1-3-13(12)9-14/h4-9,23H,1-3H2,(H,24,25). The first-order valence-corrected chi connectivity index (χ1v) is 7.68. The van der Waals surface area contributed by atoms with Crippen molar-refractivity contribution in [3.05, 3.63) is 64.2 Å². The maximum atomic E-state index is 13.1. The van der Waals surface area contributed by atoms with Gasteiger partial charge in [-0.25, -0.2) is 0 Å². The van der Waals surface area contributed by atoms with Crippen molar-refractivity contribution in [2.24, 2.45) is 0 Å². The van der Waals surface area contributed by atoms with Crippen molar-refractivity contribution < 1.29 is 18.0 Å². The van der Waals surface area contributed by atoms with Crippen LogP contribution in [0.1, 0.15) is 39.0 Å². The molecule has 0 aliphatic heterocycles. The van der Waals surface area contributed by atoms with Gasteiger partial charge in [-0.2, -0.15) is 18.4 Å². The van der Waals surface area contributed by atoms with E-state index in [0.29, 0.717) is 5.56 Å². The Morgan fingerprint density at radius 1 is 1.08 bits per heavy atom. The van der Waals surface area contributed by atoms with Gasteiger partial charge in [0.2, 0.25) is 0 Å². The first-order valence-electron chi connectivity index (χ1n) is 7.68. The predicted octanol–water partition coefficient (Wildman–Crippen LogP) is 3.82. The van der Waals surface area contributed by atoms with Crippen LogP contribution in [0.2, 0.25) is 0 Å². The smallest absolute Gasteiger partial charge is 0.298 e. The maximum absolute atomic E-state index is 13.1. The molecule has 1 aliphatic carbocycles. The molecule has 2 N–H and O–H groups in total. The lowest BCUT2D eigenvalue weighted by Crippen LogP contribution is -2.30. The number of carbonyl (C=O) groups excluding carboxylic acids is 1. The SMILES string of the molecule is N#Cc1ccc(NNC(=O)c2ccc3c(c2)CCC3)c(C(F)(F)F)c1. The fourth-order valence-corrected chi connectivity index (χ4v) is 2.87. The zero-order valence-electron chi connectivity index (χ0n) is 13.1. The summed E-state index contributed by atoms with van der Waals surface area (Å²) >= 11 is 0. The van der Waals surface area contributed by atoms with E-state index >= 15 is 0 Å². The van der Waals surface area contributed by atoms with Gasteiger partial charge in [-0.1, -0.05) is 6.07 Å². The minimum atomic E-state index is -4.65. The number of fused-ring (bicyclic) bond motifs is 1. The maximum Gasteiger partial charge on any atom is 0.418 e. The Bertz CT molecular complexity index is 869. The van der Waals surface area contributed by atoms with Crippen LogP contribution >= 0.6 is 0 Å². The van der Waals surface area contributed by atoms with E-state index in [4.69, 9.17) is 5.26 Å². The van der Waals surface area contributed by atoms with Gasteiger partial charge in [-0.3, -0.25) is 15.6 Å². The number of nitriles is 1. The van der Waals surface area contributed by atoms with E-state index < -0.39 is 17.6 Å². The summed E-state index contributed by atoms with van der Waals surface area (Å²) in [7, 11) is 0. The van der Waals surface area contributed by atoms with Gasteiger partial charge in [0.05, 0.1) is 22.9 Å². The minimum Gasteiger partial charge on any atom is -0.298 e. The number of carbonyl (C=O) groups is 1. The molecule has 0 spiro atoms. The van der Waals surface area contributed by atoms with E-state index in [9.17, 15) is 18.0 Å². The van der Waals surface area contributed by atoms with E-state index in [1.807, 2.05) is 6.07 Å². The first kappa shape index (κ1) is 16.8. The molecule has 128 valence electrons. The van der Waals surface area contributed by atoms with Crippen molar-refractivity contribution in [3.8, 4) is 6.07 Å². The minimum absolute atomic E-state index is 0.108. The number of halogens is 3. The van der Waals surface area contributed by atoms with Gasteiger partial charge in [-0.15, -0.1) is 0 Å². The van der Waals surface area contributed by atoms with Gasteiger partial charge in [0.1, 0.15) is 0 Å². The molecule has 7 heteroatoms. The summed E-state index contributed by atoms with van der Waals surface area (Å²) in [4.78, 5) is 12.2. The van der Waals surface area contributed by atoms with Gasteiger partial charge < -0.3 is 0 Å². The summed E-state index contributed by atoms with van der Waals surface area (Å²) in [5, 5.41) is 8.75. The zero-order valence-corrected chi connectivity index (χ0v) is 13.1. The molecule has 4 nitrogen and oxygen atoms in total. The molecule has 0 unspecified atom stereocenters. The van der Waals surface area contributed by atoms with Gasteiger partial charge in [0, 0.05) is 5.56 Å². The molecule has 0 atom stereocenters. The van der Waals surface area contributed by atoms with Gasteiger partial charge >= 0.3 is 6.18 Å². The van der Waals surface area contributed by atoms with Crippen molar-refractivity contribution in [3.63, 3.8) is 0 Å². The summed E-state index contributed by atoms with van der Waals surface area (Å²) in [6, 6.07) is 10.1. The number of benzene rings is 2. The van der Waals surface area contributed by atoms with Gasteiger partial charge in [-0.05, 0) is 60.7 Å². The number of hydrogen-bond donors (Lipinski definition) is 2. The molecule has 0 saturated carbocycles. The Hall–Kier alpha value is -3.01. The van der Waals surface area contributed by atoms with Crippen LogP contribution in [0.25, 0.3) is 0 Å². The Morgan fingerprint density at radius 3 is 2.56 bits per heavy atom. The number of nitrogens with zero attached hydrogens (tertiary/aromatic N) is 1. The second-order valence-electron chi connectivity index (χ2n) is 5.79. The Labute approximate surface area is 142 Å². The van der Waals surface area contributed by atoms with Crippen LogP contribution in [-0.2, 0) is 19.0 Å². The van der Waals surface area contributed by atoms with E-state index in [1.54, 1.807) is 18.2 Å². The molecule has 2 aromatic carbocycles. The van der Waals surface area contributed by atoms with Crippen molar-refractivity contribution in [2.45, 2.75) is 25.4 Å². The lowest BCUT2D eigenvalue weighted by atomic mass is 10.1. The normalized spacial score (nSPS) is 13.0. The van der Waals surface area contributed by atoms with Crippen molar-refractivity contribution in [1.29, 1.82) is 5.26 Å². The monoisotopic (exact) mass is 345 g/mol. The number of rotatable bonds is 3. The number of amides is 1. The zero-order chi connectivity index (χ0) is 18.0. The third kappa shape index (κ3) is 3.58. The highest BCUT2D eigenvalue weighted by Gasteiger charge is 2.34. The average Bonchev–Trinajstić information content (AvgIpc) is 3.06. The molecule has 2 aromatic rings. The number of anilines is 1. The summed E-state index contributed by atoms with van der Waals surface area (Å²) < 4.78 is 39.3. The van der Waals surface area contributed by atoms with Crippen molar-refractivity contribution >= 4 is 11.6 Å². The molecule has 0 saturated heterocycles. The molecule has 0 bridgehead atoms. The van der Waals surface area contributed by atoms with E-state index in [-0.39, 0.29) is 11.3 Å². The summed E-state index contributed by atoms with van der Waals surface area (Å²) in [5.41, 5.74) is 5.84. The molecule has 0 fully saturated rings. The topological polar surface area (TPSA) is 64.9 Å². The molecular weight excluding hydrogens is 331 g/mol. The Morgan fingerprint density at radius 2 is 1.84 bits per heavy atom. The Kier molecular flexibility index (Phi) is 4.36. The second kappa shape index (κ2) is 6.48. The third-order valence-corrected chi connectivity index (χ3v) is 4.13. The quantitative estimate of drug-likeness (QED) is 0.831. The van der Waals surface area contributed by atoms with Gasteiger partial charge in [0.15, 0.2) is 0 Å². The van der Waals surface area contributed by atoms with Crippen LogP contribution in [0, 0.1) is 11.3 Å². The van der Waals surface area contributed by atoms with Crippen LogP contribution in [0.4, 0.5) is 18.9 Å². The molecule has 1 aliphatic rings. The van der Waals surface area contributed by atoms with E-state index in [1.165, 1.54) is 11.6 Å². The fourth-order valence-electron chi connectivity index (χ4n) is 2.87. The highest BCUT2D eigenvalue weighted by Crippen LogP contribution is 2.35. The highest BCUT2D eigenvalue weighted by molar-refractivity contribution is 5.95. The van der Waals surface area contributed by atoms with Crippen LogP contribution < -0.4 is 10.9 Å². The highest BCUT2D eigenvalue weighted by atomic mass is 19.4. The fraction of sp³-hybridized carbons (Fsp3) is 0.222. The number of hydrazine groups is 1. The molecule has 0 aromatic heterocycles. The van der Waals surface area contributed by atoms with Crippen molar-refractivity contribution in [1.82, 2.24) is 5.43 Å². The third-order valence-electron chi connectivity index (χ3n) is 4.13. The van der Waals surface area contributed by atoms with Crippen LogP contribution in [-0.4, -0.2) is 5.91 Å². The van der Waals surface area contributed by atoms with Crippen LogP contribution in [0.3, 0.4) is 0 Å². The second-order valence-corrected chi connectivity index (χ2v) is 5.79. The van der Waals surface area contributed by atoms with Crippen LogP contribution in [0.15, 0.2) is 36.4 Å². The molecule has 0 heterocycles. The summed E-state index contributed by atoms with van der Waals surface area (Å²) in [5.74, 6) is -0.521. The largest absolute Gasteiger partial charge is 0.418 e. The summed E-state index contributed by atoms with van der Waals surface area (Å²) in [6.07, 6.45) is -1.72. The number of alkyl halides is 3. The lowest BCUT2D eigenvalue weighted by Gasteiger charge is -2.15. The number of hydrogen-bond acceptors (Lipinski definition) is 3. The lowest BCUT2D eigenvalue weighted by molar-refractivity contribution is -0.137. The average molecular weight is 345 g/mol. The van der Waals surface area contributed by atoms with E-state index in [0.717, 1.165) is 37.0 Å². The number of nitrogens with one attached hydrogen (secondary N) is 2. The molecular formula is C18H14F3N3O. The summed E-state index contributed by atoms with van der Waals surface area (Å²) in [6.45, 7) is 0. The molecule has 3 rings (SSSR count). The molecule has 0 radical (unpaired) electrons.